The van der Waals surface area contributed by atoms with Gasteiger partial charge in [0.05, 0.1) is 0 Å². The molecular formula is C15H16FN3O. The first-order valence-corrected chi connectivity index (χ1v) is 6.39. The van der Waals surface area contributed by atoms with Gasteiger partial charge in [-0.3, -0.25) is 9.78 Å². The van der Waals surface area contributed by atoms with Gasteiger partial charge in [-0.2, -0.15) is 4.39 Å². The third kappa shape index (κ3) is 3.38. The third-order valence-corrected chi connectivity index (χ3v) is 2.93. The quantitative estimate of drug-likeness (QED) is 0.805. The third-order valence-electron chi connectivity index (χ3n) is 2.93. The van der Waals surface area contributed by atoms with Crippen LogP contribution in [0.3, 0.4) is 0 Å². The topological polar surface area (TPSA) is 46.1 Å². The molecule has 0 aliphatic carbocycles. The summed E-state index contributed by atoms with van der Waals surface area (Å²) < 4.78 is 13.1. The summed E-state index contributed by atoms with van der Waals surface area (Å²) in [5, 5.41) is 0. The van der Waals surface area contributed by atoms with E-state index in [0.29, 0.717) is 12.1 Å². The van der Waals surface area contributed by atoms with Crippen LogP contribution in [0.15, 0.2) is 42.9 Å². The van der Waals surface area contributed by atoms with E-state index in [1.807, 2.05) is 26.0 Å². The van der Waals surface area contributed by atoms with Gasteiger partial charge in [-0.05, 0) is 31.5 Å². The van der Waals surface area contributed by atoms with E-state index >= 15 is 0 Å². The molecule has 0 saturated carbocycles. The van der Waals surface area contributed by atoms with Crippen LogP contribution in [0, 0.1) is 5.95 Å². The predicted molar refractivity (Wildman–Crippen MR) is 73.4 cm³/mol. The van der Waals surface area contributed by atoms with Crippen LogP contribution in [0.25, 0.3) is 0 Å². The number of aromatic nitrogens is 2. The van der Waals surface area contributed by atoms with Crippen molar-refractivity contribution in [2.75, 3.05) is 0 Å². The van der Waals surface area contributed by atoms with Gasteiger partial charge in [0.15, 0.2) is 0 Å². The summed E-state index contributed by atoms with van der Waals surface area (Å²) >= 11 is 0. The molecule has 0 aliphatic rings. The summed E-state index contributed by atoms with van der Waals surface area (Å²) in [6.07, 6.45) is 4.70. The van der Waals surface area contributed by atoms with Crippen molar-refractivity contribution in [3.63, 3.8) is 0 Å². The number of carbonyl (C=O) groups excluding carboxylic acids is 1. The SMILES string of the molecule is CC(C)N(Cc1cccnc1)C(=O)c1ccnc(F)c1. The van der Waals surface area contributed by atoms with Crippen LogP contribution in [-0.4, -0.2) is 26.8 Å². The molecule has 0 saturated heterocycles. The van der Waals surface area contributed by atoms with E-state index in [1.54, 1.807) is 17.3 Å². The Bertz CT molecular complexity index is 587. The number of amides is 1. The maximum atomic E-state index is 13.1. The van der Waals surface area contributed by atoms with E-state index in [9.17, 15) is 9.18 Å². The Kier molecular flexibility index (Phi) is 4.40. The van der Waals surface area contributed by atoms with Crippen LogP contribution in [0.2, 0.25) is 0 Å². The molecule has 5 heteroatoms. The van der Waals surface area contributed by atoms with Crippen molar-refractivity contribution in [1.29, 1.82) is 0 Å². The van der Waals surface area contributed by atoms with Gasteiger partial charge in [0, 0.05) is 42.8 Å². The molecule has 2 aromatic heterocycles. The van der Waals surface area contributed by atoms with Crippen molar-refractivity contribution in [2.24, 2.45) is 0 Å². The van der Waals surface area contributed by atoms with E-state index in [0.717, 1.165) is 11.6 Å². The number of pyridine rings is 2. The van der Waals surface area contributed by atoms with E-state index in [2.05, 4.69) is 9.97 Å². The number of rotatable bonds is 4. The second-order valence-electron chi connectivity index (χ2n) is 4.76. The van der Waals surface area contributed by atoms with Gasteiger partial charge < -0.3 is 4.90 Å². The first kappa shape index (κ1) is 14.1. The predicted octanol–water partition coefficient (Wildman–Crippen LogP) is 2.67. The Balaban J connectivity index is 2.23. The molecule has 2 heterocycles. The first-order chi connectivity index (χ1) is 9.58. The number of hydrogen-bond acceptors (Lipinski definition) is 3. The lowest BCUT2D eigenvalue weighted by atomic mass is 10.1. The summed E-state index contributed by atoms with van der Waals surface area (Å²) in [4.78, 5) is 21.6. The number of halogens is 1. The monoisotopic (exact) mass is 273 g/mol. The Morgan fingerprint density at radius 3 is 2.75 bits per heavy atom. The zero-order chi connectivity index (χ0) is 14.5. The molecule has 0 N–H and O–H groups in total. The summed E-state index contributed by atoms with van der Waals surface area (Å²) in [7, 11) is 0. The zero-order valence-electron chi connectivity index (χ0n) is 11.5. The number of carbonyl (C=O) groups is 1. The highest BCUT2D eigenvalue weighted by molar-refractivity contribution is 5.94. The molecule has 0 aliphatic heterocycles. The van der Waals surface area contributed by atoms with Gasteiger partial charge >= 0.3 is 0 Å². The van der Waals surface area contributed by atoms with Crippen molar-refractivity contribution in [3.8, 4) is 0 Å². The van der Waals surface area contributed by atoms with Crippen LogP contribution >= 0.6 is 0 Å². The van der Waals surface area contributed by atoms with Gasteiger partial charge in [-0.15, -0.1) is 0 Å². The molecule has 4 nitrogen and oxygen atoms in total. The van der Waals surface area contributed by atoms with Crippen LogP contribution in [0.4, 0.5) is 4.39 Å². The minimum Gasteiger partial charge on any atom is -0.332 e. The second kappa shape index (κ2) is 6.23. The fraction of sp³-hybridized carbons (Fsp3) is 0.267. The van der Waals surface area contributed by atoms with Crippen LogP contribution in [0.5, 0.6) is 0 Å². The van der Waals surface area contributed by atoms with Crippen LogP contribution in [-0.2, 0) is 6.54 Å². The molecule has 20 heavy (non-hydrogen) atoms. The number of nitrogens with zero attached hydrogens (tertiary/aromatic N) is 3. The largest absolute Gasteiger partial charge is 0.332 e. The standard InChI is InChI=1S/C15H16FN3O/c1-11(2)19(10-12-4-3-6-17-9-12)15(20)13-5-7-18-14(16)8-13/h3-9,11H,10H2,1-2H3. The highest BCUT2D eigenvalue weighted by Gasteiger charge is 2.19. The van der Waals surface area contributed by atoms with Gasteiger partial charge in [0.2, 0.25) is 5.95 Å². The van der Waals surface area contributed by atoms with E-state index < -0.39 is 5.95 Å². The maximum absolute atomic E-state index is 13.1. The lowest BCUT2D eigenvalue weighted by molar-refractivity contribution is 0.0689. The molecule has 0 spiro atoms. The lowest BCUT2D eigenvalue weighted by Gasteiger charge is -2.26. The zero-order valence-corrected chi connectivity index (χ0v) is 11.5. The fourth-order valence-corrected chi connectivity index (χ4v) is 1.88. The normalized spacial score (nSPS) is 10.6. The van der Waals surface area contributed by atoms with Crippen molar-refractivity contribution >= 4 is 5.91 Å². The highest BCUT2D eigenvalue weighted by Crippen LogP contribution is 2.13. The van der Waals surface area contributed by atoms with Crippen molar-refractivity contribution in [1.82, 2.24) is 14.9 Å². The van der Waals surface area contributed by atoms with Crippen molar-refractivity contribution in [2.45, 2.75) is 26.4 Å². The summed E-state index contributed by atoms with van der Waals surface area (Å²) in [5.74, 6) is -0.869. The molecule has 2 aromatic rings. The Morgan fingerprint density at radius 1 is 1.35 bits per heavy atom. The van der Waals surface area contributed by atoms with E-state index in [4.69, 9.17) is 0 Å². The fourth-order valence-electron chi connectivity index (χ4n) is 1.88. The van der Waals surface area contributed by atoms with Crippen LogP contribution in [0.1, 0.15) is 29.8 Å². The van der Waals surface area contributed by atoms with Gasteiger partial charge in [0.1, 0.15) is 0 Å². The molecule has 0 fully saturated rings. The van der Waals surface area contributed by atoms with E-state index in [1.165, 1.54) is 12.3 Å². The van der Waals surface area contributed by atoms with Crippen LogP contribution < -0.4 is 0 Å². The second-order valence-corrected chi connectivity index (χ2v) is 4.76. The lowest BCUT2D eigenvalue weighted by Crippen LogP contribution is -2.36. The average Bonchev–Trinajstić information content (AvgIpc) is 2.45. The van der Waals surface area contributed by atoms with Gasteiger partial charge in [-0.25, -0.2) is 4.98 Å². The Morgan fingerprint density at radius 2 is 2.15 bits per heavy atom. The minimum absolute atomic E-state index is 0.000988. The highest BCUT2D eigenvalue weighted by atomic mass is 19.1. The smallest absolute Gasteiger partial charge is 0.254 e. The summed E-state index contributed by atoms with van der Waals surface area (Å²) in [6, 6.07) is 6.40. The molecule has 104 valence electrons. The Labute approximate surface area is 117 Å². The van der Waals surface area contributed by atoms with Crippen molar-refractivity contribution < 1.29 is 9.18 Å². The van der Waals surface area contributed by atoms with Gasteiger partial charge in [-0.1, -0.05) is 6.07 Å². The average molecular weight is 273 g/mol. The maximum Gasteiger partial charge on any atom is 0.254 e. The molecule has 0 radical (unpaired) electrons. The first-order valence-electron chi connectivity index (χ1n) is 6.39. The summed E-state index contributed by atoms with van der Waals surface area (Å²) in [6.45, 7) is 4.28. The number of hydrogen-bond donors (Lipinski definition) is 0. The van der Waals surface area contributed by atoms with Gasteiger partial charge in [0.25, 0.3) is 5.91 Å². The van der Waals surface area contributed by atoms with Crippen molar-refractivity contribution in [3.05, 3.63) is 59.9 Å². The molecular weight excluding hydrogens is 257 g/mol. The molecule has 0 atom stereocenters. The molecule has 0 bridgehead atoms. The van der Waals surface area contributed by atoms with E-state index in [-0.39, 0.29) is 11.9 Å². The molecule has 0 unspecified atom stereocenters. The Hall–Kier alpha value is -2.30. The molecule has 0 aromatic carbocycles. The minimum atomic E-state index is -0.652. The molecule has 2 rings (SSSR count). The summed E-state index contributed by atoms with van der Waals surface area (Å²) in [5.41, 5.74) is 1.24. The molecule has 1 amide bonds.